The molecule has 2 aromatic rings. The lowest BCUT2D eigenvalue weighted by molar-refractivity contribution is -0.182. The van der Waals surface area contributed by atoms with E-state index in [0.717, 1.165) is 24.8 Å². The van der Waals surface area contributed by atoms with Crippen LogP contribution in [0, 0.1) is 0 Å². The summed E-state index contributed by atoms with van der Waals surface area (Å²) in [6.45, 7) is 2.09. The molecule has 0 heterocycles. The van der Waals surface area contributed by atoms with Crippen LogP contribution >= 0.6 is 0 Å². The number of hydrogen-bond donors (Lipinski definition) is 2. The first-order valence-electron chi connectivity index (χ1n) is 7.32. The minimum absolute atomic E-state index is 0.331. The summed E-state index contributed by atoms with van der Waals surface area (Å²) >= 11 is 0. The van der Waals surface area contributed by atoms with E-state index in [1.807, 2.05) is 12.1 Å². The summed E-state index contributed by atoms with van der Waals surface area (Å²) in [4.78, 5) is 25.0. The maximum Gasteiger partial charge on any atom is 0.373 e. The second kappa shape index (κ2) is 10.1. The van der Waals surface area contributed by atoms with Crippen molar-refractivity contribution in [2.24, 2.45) is 0 Å². The molecule has 0 saturated carbocycles. The Morgan fingerprint density at radius 2 is 1.61 bits per heavy atom. The van der Waals surface area contributed by atoms with Gasteiger partial charge in [-0.15, -0.1) is 0 Å². The summed E-state index contributed by atoms with van der Waals surface area (Å²) in [5.74, 6) is -1.56. The molecule has 0 saturated heterocycles. The van der Waals surface area contributed by atoms with Crippen molar-refractivity contribution < 1.29 is 24.8 Å². The van der Waals surface area contributed by atoms with Gasteiger partial charge in [0.05, 0.1) is 11.1 Å². The fraction of sp³-hybridized carbons (Fsp3) is 0.222. The lowest BCUT2D eigenvalue weighted by Crippen LogP contribution is -2.05. The van der Waals surface area contributed by atoms with E-state index < -0.39 is 11.9 Å². The van der Waals surface area contributed by atoms with E-state index >= 15 is 0 Å². The molecule has 0 bridgehead atoms. The third kappa shape index (κ3) is 6.32. The quantitative estimate of drug-likeness (QED) is 0.642. The van der Waals surface area contributed by atoms with E-state index in [-0.39, 0.29) is 0 Å². The Labute approximate surface area is 135 Å². The maximum absolute atomic E-state index is 11.1. The highest BCUT2D eigenvalue weighted by Crippen LogP contribution is 2.12. The highest BCUT2D eigenvalue weighted by atomic mass is 17.1. The summed E-state index contributed by atoms with van der Waals surface area (Å²) in [7, 11) is 0. The van der Waals surface area contributed by atoms with E-state index in [2.05, 4.69) is 11.8 Å². The van der Waals surface area contributed by atoms with Crippen molar-refractivity contribution in [2.45, 2.75) is 26.2 Å². The van der Waals surface area contributed by atoms with Gasteiger partial charge in [0.1, 0.15) is 0 Å². The van der Waals surface area contributed by atoms with Crippen LogP contribution in [0.1, 0.15) is 46.0 Å². The number of rotatable bonds is 5. The molecule has 122 valence electrons. The first-order valence-corrected chi connectivity index (χ1v) is 7.32. The van der Waals surface area contributed by atoms with Crippen LogP contribution in [0.5, 0.6) is 0 Å². The SMILES string of the molecule is CCCCc1ccccc1C(=O)OO.O=C(O)c1ccccc1. The van der Waals surface area contributed by atoms with Crippen LogP contribution in [0.15, 0.2) is 54.6 Å². The van der Waals surface area contributed by atoms with E-state index in [9.17, 15) is 9.59 Å². The van der Waals surface area contributed by atoms with Crippen LogP contribution in [-0.4, -0.2) is 22.3 Å². The van der Waals surface area contributed by atoms with Gasteiger partial charge in [0.25, 0.3) is 0 Å². The topological polar surface area (TPSA) is 83.8 Å². The fourth-order valence-electron chi connectivity index (χ4n) is 1.93. The second-order valence-electron chi connectivity index (χ2n) is 4.81. The standard InChI is InChI=1S/C11H14O3.C7H6O2/c1-2-3-6-9-7-4-5-8-10(9)11(12)14-13;8-7(9)6-4-2-1-3-5-6/h4-5,7-8,13H,2-3,6H2,1H3;1-5H,(H,8,9). The second-order valence-corrected chi connectivity index (χ2v) is 4.81. The van der Waals surface area contributed by atoms with Crippen molar-refractivity contribution in [1.82, 2.24) is 0 Å². The van der Waals surface area contributed by atoms with Crippen LogP contribution in [-0.2, 0) is 11.3 Å². The average Bonchev–Trinajstić information content (AvgIpc) is 2.60. The average molecular weight is 316 g/mol. The Balaban J connectivity index is 0.000000253. The minimum atomic E-state index is -0.879. The number of hydrogen-bond acceptors (Lipinski definition) is 4. The lowest BCUT2D eigenvalue weighted by Gasteiger charge is -2.05. The molecule has 5 nitrogen and oxygen atoms in total. The van der Waals surface area contributed by atoms with E-state index in [4.69, 9.17) is 10.4 Å². The summed E-state index contributed by atoms with van der Waals surface area (Å²) in [5.41, 5.74) is 1.70. The Morgan fingerprint density at radius 3 is 2.13 bits per heavy atom. The number of unbranched alkanes of at least 4 members (excludes halogenated alkanes) is 1. The molecule has 5 heteroatoms. The third-order valence-electron chi connectivity index (χ3n) is 3.14. The number of carboxylic acid groups (broad SMARTS) is 1. The molecule has 0 aliphatic heterocycles. The van der Waals surface area contributed by atoms with Crippen LogP contribution < -0.4 is 0 Å². The Morgan fingerprint density at radius 1 is 1.00 bits per heavy atom. The van der Waals surface area contributed by atoms with Gasteiger partial charge in [-0.1, -0.05) is 49.7 Å². The first-order chi connectivity index (χ1) is 11.1. The third-order valence-corrected chi connectivity index (χ3v) is 3.14. The number of carbonyl (C=O) groups is 2. The molecule has 23 heavy (non-hydrogen) atoms. The van der Waals surface area contributed by atoms with Gasteiger partial charge >= 0.3 is 11.9 Å². The largest absolute Gasteiger partial charge is 0.478 e. The van der Waals surface area contributed by atoms with Crippen LogP contribution in [0.25, 0.3) is 0 Å². The number of carboxylic acids is 1. The zero-order valence-corrected chi connectivity index (χ0v) is 12.9. The minimum Gasteiger partial charge on any atom is -0.478 e. The highest BCUT2D eigenvalue weighted by Gasteiger charge is 2.11. The molecule has 0 aromatic heterocycles. The van der Waals surface area contributed by atoms with Crippen molar-refractivity contribution in [1.29, 1.82) is 0 Å². The molecule has 0 spiro atoms. The molecule has 0 unspecified atom stereocenters. The molecule has 0 aliphatic carbocycles. The predicted octanol–water partition coefficient (Wildman–Crippen LogP) is 4.04. The number of benzene rings is 2. The van der Waals surface area contributed by atoms with Gasteiger partial charge in [-0.3, -0.25) is 4.89 Å². The van der Waals surface area contributed by atoms with Gasteiger partial charge in [0.2, 0.25) is 0 Å². The van der Waals surface area contributed by atoms with Gasteiger partial charge in [0.15, 0.2) is 0 Å². The van der Waals surface area contributed by atoms with Crippen LogP contribution in [0.4, 0.5) is 0 Å². The molecule has 0 atom stereocenters. The predicted molar refractivity (Wildman–Crippen MR) is 86.5 cm³/mol. The van der Waals surface area contributed by atoms with Crippen molar-refractivity contribution in [3.8, 4) is 0 Å². The van der Waals surface area contributed by atoms with E-state index in [0.29, 0.717) is 11.1 Å². The van der Waals surface area contributed by atoms with E-state index in [1.54, 1.807) is 42.5 Å². The number of aryl methyl sites for hydroxylation is 1. The molecule has 0 radical (unpaired) electrons. The first kappa shape index (κ1) is 18.4. The van der Waals surface area contributed by atoms with Crippen molar-refractivity contribution in [3.63, 3.8) is 0 Å². The summed E-state index contributed by atoms with van der Waals surface area (Å²) in [5, 5.41) is 16.7. The maximum atomic E-state index is 11.1. The molecule has 2 rings (SSSR count). The number of carbonyl (C=O) groups excluding carboxylic acids is 1. The van der Waals surface area contributed by atoms with Crippen molar-refractivity contribution >= 4 is 11.9 Å². The Kier molecular flexibility index (Phi) is 8.10. The zero-order valence-electron chi connectivity index (χ0n) is 12.9. The van der Waals surface area contributed by atoms with Gasteiger partial charge in [-0.25, -0.2) is 9.59 Å². The fourth-order valence-corrected chi connectivity index (χ4v) is 1.93. The molecule has 0 amide bonds. The Bertz CT molecular complexity index is 622. The highest BCUT2D eigenvalue weighted by molar-refractivity contribution is 5.90. The van der Waals surface area contributed by atoms with Gasteiger partial charge in [-0.05, 0) is 36.6 Å². The van der Waals surface area contributed by atoms with Gasteiger partial charge in [0, 0.05) is 0 Å². The normalized spacial score (nSPS) is 9.48. The summed E-state index contributed by atoms with van der Waals surface area (Å²) in [6, 6.07) is 15.5. The van der Waals surface area contributed by atoms with Crippen LogP contribution in [0.3, 0.4) is 0 Å². The van der Waals surface area contributed by atoms with Gasteiger partial charge in [-0.2, -0.15) is 5.26 Å². The van der Waals surface area contributed by atoms with E-state index in [1.165, 1.54) is 0 Å². The molecule has 0 aliphatic rings. The molecule has 0 fully saturated rings. The molecule has 2 aromatic carbocycles. The summed E-state index contributed by atoms with van der Waals surface area (Å²) in [6.07, 6.45) is 2.93. The lowest BCUT2D eigenvalue weighted by atomic mass is 10.0. The summed E-state index contributed by atoms with van der Waals surface area (Å²) < 4.78 is 0. The molecule has 2 N–H and O–H groups in total. The van der Waals surface area contributed by atoms with Crippen molar-refractivity contribution in [3.05, 3.63) is 71.3 Å². The zero-order chi connectivity index (χ0) is 17.1. The molecular weight excluding hydrogens is 296 g/mol. The van der Waals surface area contributed by atoms with Gasteiger partial charge < -0.3 is 5.11 Å². The van der Waals surface area contributed by atoms with Crippen LogP contribution in [0.2, 0.25) is 0 Å². The number of aromatic carboxylic acids is 1. The van der Waals surface area contributed by atoms with Crippen molar-refractivity contribution in [2.75, 3.05) is 0 Å². The Hall–Kier alpha value is -2.66. The molecular formula is C18H20O5. The monoisotopic (exact) mass is 316 g/mol. The smallest absolute Gasteiger partial charge is 0.373 e.